The number of aliphatic hydroxyl groups excluding tert-OH is 2. The van der Waals surface area contributed by atoms with Crippen molar-refractivity contribution in [3.05, 3.63) is 72.9 Å². The molecule has 0 spiro atoms. The lowest BCUT2D eigenvalue weighted by Gasteiger charge is -2.18. The highest BCUT2D eigenvalue weighted by Gasteiger charge is 2.22. The van der Waals surface area contributed by atoms with Crippen LogP contribution in [0.3, 0.4) is 0 Å². The summed E-state index contributed by atoms with van der Waals surface area (Å²) in [7, 11) is -4.79. The van der Waals surface area contributed by atoms with Gasteiger partial charge in [0.05, 0.1) is 18.8 Å². The molecule has 0 bridgehead atoms. The molecule has 0 amide bonds. The van der Waals surface area contributed by atoms with E-state index in [9.17, 15) is 24.4 Å². The third-order valence-corrected chi connectivity index (χ3v) is 7.33. The molecule has 0 fully saturated rings. The number of phosphoric ester groups is 1. The zero-order valence-electron chi connectivity index (χ0n) is 29.2. The molecule has 4 N–H and O–H groups in total. The van der Waals surface area contributed by atoms with Gasteiger partial charge in [0.25, 0.3) is 0 Å². The summed E-state index contributed by atoms with van der Waals surface area (Å²) in [4.78, 5) is 42.5. The Morgan fingerprint density at radius 2 is 1.38 bits per heavy atom. The lowest BCUT2D eigenvalue weighted by Crippen LogP contribution is -2.29. The Balaban J connectivity index is 4.30. The summed E-state index contributed by atoms with van der Waals surface area (Å²) in [5, 5.41) is 19.8. The van der Waals surface area contributed by atoms with Gasteiger partial charge in [0.1, 0.15) is 6.61 Å². The zero-order valence-corrected chi connectivity index (χ0v) is 30.1. The molecular weight excluding hydrogens is 635 g/mol. The highest BCUT2D eigenvalue weighted by Crippen LogP contribution is 2.35. The molecule has 0 radical (unpaired) electrons. The minimum absolute atomic E-state index is 0.0772. The normalized spacial score (nSPS) is 14.8. The molecule has 0 aromatic rings. The quantitative estimate of drug-likeness (QED) is 0.0200. The molecule has 0 saturated carbocycles. The maximum Gasteiger partial charge on any atom is 0.469 e. The van der Waals surface area contributed by atoms with Crippen molar-refractivity contribution in [3.8, 4) is 0 Å². The van der Waals surface area contributed by atoms with Crippen LogP contribution in [0.1, 0.15) is 111 Å². The van der Waals surface area contributed by atoms with Crippen molar-refractivity contribution in [2.75, 3.05) is 13.2 Å². The molecule has 3 atom stereocenters. The molecule has 10 nitrogen and oxygen atoms in total. The summed E-state index contributed by atoms with van der Waals surface area (Å²) in [5.41, 5.74) is 0. The highest BCUT2D eigenvalue weighted by molar-refractivity contribution is 7.46. The minimum atomic E-state index is -4.79. The Hall–Kier alpha value is -2.59. The van der Waals surface area contributed by atoms with Gasteiger partial charge in [0.15, 0.2) is 6.10 Å². The summed E-state index contributed by atoms with van der Waals surface area (Å²) in [6.45, 7) is 5.50. The predicted octanol–water partition coefficient (Wildman–Crippen LogP) is 7.75. The van der Waals surface area contributed by atoms with E-state index < -0.39 is 44.7 Å². The third kappa shape index (κ3) is 33.3. The van der Waals surface area contributed by atoms with Crippen LogP contribution in [0.15, 0.2) is 72.9 Å². The second-order valence-electron chi connectivity index (χ2n) is 12.0. The smallest absolute Gasteiger partial charge is 0.462 e. The molecule has 0 unspecified atom stereocenters. The molecule has 0 aliphatic rings. The molecule has 0 aliphatic heterocycles. The second kappa shape index (κ2) is 30.5. The predicted molar refractivity (Wildman–Crippen MR) is 191 cm³/mol. The fourth-order valence-electron chi connectivity index (χ4n) is 4.24. The maximum absolute atomic E-state index is 12.3. The van der Waals surface area contributed by atoms with E-state index >= 15 is 0 Å². The van der Waals surface area contributed by atoms with Gasteiger partial charge < -0.3 is 29.5 Å². The van der Waals surface area contributed by atoms with Crippen LogP contribution in [-0.2, 0) is 28.2 Å². The number of ether oxygens (including phenoxy) is 2. The van der Waals surface area contributed by atoms with Gasteiger partial charge in [-0.2, -0.15) is 0 Å². The Labute approximate surface area is 288 Å². The number of phosphoric acid groups is 1. The number of aliphatic hydroxyl groups is 2. The van der Waals surface area contributed by atoms with E-state index in [2.05, 4.69) is 25.3 Å². The number of carbonyl (C=O) groups is 2. The second-order valence-corrected chi connectivity index (χ2v) is 13.2. The number of hydrogen-bond acceptors (Lipinski definition) is 8. The molecule has 11 heteroatoms. The van der Waals surface area contributed by atoms with Gasteiger partial charge >= 0.3 is 19.8 Å². The highest BCUT2D eigenvalue weighted by atomic mass is 31.2. The lowest BCUT2D eigenvalue weighted by molar-refractivity contribution is -0.161. The number of carbonyl (C=O) groups excluding carboxylic acids is 2. The summed E-state index contributed by atoms with van der Waals surface area (Å²) >= 11 is 0. The van der Waals surface area contributed by atoms with E-state index in [0.717, 1.165) is 25.7 Å². The molecule has 48 heavy (non-hydrogen) atoms. The van der Waals surface area contributed by atoms with Gasteiger partial charge in [-0.05, 0) is 44.4 Å². The van der Waals surface area contributed by atoms with E-state index in [-0.39, 0.29) is 19.4 Å². The average molecular weight is 697 g/mol. The first-order valence-corrected chi connectivity index (χ1v) is 18.9. The largest absolute Gasteiger partial charge is 0.469 e. The van der Waals surface area contributed by atoms with Crippen LogP contribution in [0.5, 0.6) is 0 Å². The van der Waals surface area contributed by atoms with Crippen LogP contribution in [0.2, 0.25) is 0 Å². The molecule has 274 valence electrons. The van der Waals surface area contributed by atoms with Crippen molar-refractivity contribution in [2.24, 2.45) is 5.92 Å². The van der Waals surface area contributed by atoms with Gasteiger partial charge in [0, 0.05) is 12.8 Å². The Kier molecular flexibility index (Phi) is 28.8. The molecule has 0 rings (SSSR count). The summed E-state index contributed by atoms with van der Waals surface area (Å²) in [6.07, 6.45) is 30.3. The number of hydrogen-bond donors (Lipinski definition) is 4. The van der Waals surface area contributed by atoms with Crippen LogP contribution in [0, 0.1) is 5.92 Å². The topological polar surface area (TPSA) is 160 Å². The van der Waals surface area contributed by atoms with Crippen LogP contribution in [-0.4, -0.2) is 63.5 Å². The summed E-state index contributed by atoms with van der Waals surface area (Å²) < 4.78 is 26.0. The van der Waals surface area contributed by atoms with Gasteiger partial charge in [-0.25, -0.2) is 4.57 Å². The first-order valence-electron chi connectivity index (χ1n) is 17.3. The zero-order chi connectivity index (χ0) is 35.9. The Bertz CT molecular complexity index is 1050. The molecule has 0 aromatic carbocycles. The average Bonchev–Trinajstić information content (AvgIpc) is 3.02. The number of unbranched alkanes of at least 4 members (excludes halogenated alkanes) is 6. The Morgan fingerprint density at radius 3 is 2.04 bits per heavy atom. The molecular formula is C37H61O10P. The maximum atomic E-state index is 12.3. The van der Waals surface area contributed by atoms with Crippen molar-refractivity contribution >= 4 is 19.8 Å². The van der Waals surface area contributed by atoms with E-state index in [4.69, 9.17) is 19.3 Å². The number of rotatable bonds is 29. The molecule has 0 heterocycles. The van der Waals surface area contributed by atoms with Crippen molar-refractivity contribution in [1.29, 1.82) is 0 Å². The molecule has 0 aromatic heterocycles. The van der Waals surface area contributed by atoms with Crippen molar-refractivity contribution in [3.63, 3.8) is 0 Å². The minimum Gasteiger partial charge on any atom is -0.462 e. The van der Waals surface area contributed by atoms with Crippen LogP contribution in [0.4, 0.5) is 0 Å². The van der Waals surface area contributed by atoms with Gasteiger partial charge in [-0.15, -0.1) is 0 Å². The standard InChI is InChI=1S/C37H61O10P/c1-4-5-16-24-33(38)25-18-12-7-6-8-13-19-26-34(39)27-20-15-22-28-36(40)45-30-35(31-46-48(42,43)44)47-37(41)29-21-14-10-9-11-17-23-32(2)3/h5,7-8,12-13,16,18-20,25-27,32-35,38-39H,4,6,9-11,14-15,17,21-24,28-31H2,1-3H3,(H2,42,43,44)/b12-7-,13-8-,16-5-,25-18+,26-19+,27-20-/t33-,34-,35-/m1/s1. The van der Waals surface area contributed by atoms with Crippen LogP contribution >= 0.6 is 7.82 Å². The van der Waals surface area contributed by atoms with E-state index in [1.54, 1.807) is 30.4 Å². The van der Waals surface area contributed by atoms with Gasteiger partial charge in [-0.3, -0.25) is 14.1 Å². The lowest BCUT2D eigenvalue weighted by atomic mass is 10.0. The fourth-order valence-corrected chi connectivity index (χ4v) is 4.60. The van der Waals surface area contributed by atoms with Crippen molar-refractivity contribution in [1.82, 2.24) is 0 Å². The van der Waals surface area contributed by atoms with Crippen LogP contribution in [0.25, 0.3) is 0 Å². The summed E-state index contributed by atoms with van der Waals surface area (Å²) in [5.74, 6) is -0.375. The van der Waals surface area contributed by atoms with E-state index in [0.29, 0.717) is 38.0 Å². The fraction of sp³-hybridized carbons (Fsp3) is 0.622. The third-order valence-electron chi connectivity index (χ3n) is 6.84. The molecule has 0 aliphatic carbocycles. The van der Waals surface area contributed by atoms with Gasteiger partial charge in [0.2, 0.25) is 0 Å². The van der Waals surface area contributed by atoms with Crippen molar-refractivity contribution in [2.45, 2.75) is 129 Å². The van der Waals surface area contributed by atoms with Gasteiger partial charge in [-0.1, -0.05) is 132 Å². The monoisotopic (exact) mass is 696 g/mol. The first-order chi connectivity index (χ1) is 22.9. The Morgan fingerprint density at radius 1 is 0.729 bits per heavy atom. The van der Waals surface area contributed by atoms with Crippen molar-refractivity contribution < 1.29 is 48.2 Å². The SMILES string of the molecule is CC/C=C\C[C@@H](O)/C=C/C=C\C/C=C\C=C\[C@@H](O)/C=C\CCCC(=O)OC[C@H](COP(=O)(O)O)OC(=O)CCCCCCCCC(C)C. The molecule has 0 saturated heterocycles. The number of allylic oxidation sites excluding steroid dienone is 8. The van der Waals surface area contributed by atoms with E-state index in [1.807, 2.05) is 42.5 Å². The number of esters is 2. The summed E-state index contributed by atoms with van der Waals surface area (Å²) in [6, 6.07) is 0. The van der Waals surface area contributed by atoms with E-state index in [1.165, 1.54) is 19.3 Å². The van der Waals surface area contributed by atoms with Crippen LogP contribution < -0.4 is 0 Å². The first kappa shape index (κ1) is 45.4.